The number of fused-ring (bicyclic) bond motifs is 1. The zero-order valence-electron chi connectivity index (χ0n) is 13.7. The van der Waals surface area contributed by atoms with E-state index in [9.17, 15) is 19.7 Å². The second-order valence-corrected chi connectivity index (χ2v) is 5.70. The maximum absolute atomic E-state index is 12.2. The molecular weight excluding hydrogens is 340 g/mol. The first-order valence-corrected chi connectivity index (χ1v) is 7.59. The first-order valence-electron chi connectivity index (χ1n) is 7.59. The van der Waals surface area contributed by atoms with Gasteiger partial charge in [0.2, 0.25) is 0 Å². The molecule has 0 aliphatic rings. The maximum Gasteiger partial charge on any atom is 0.338 e. The van der Waals surface area contributed by atoms with Crippen LogP contribution in [-0.4, -0.2) is 10.9 Å². The summed E-state index contributed by atoms with van der Waals surface area (Å²) in [5.74, 6) is -0.762. The second-order valence-electron chi connectivity index (χ2n) is 5.70. The number of hydrogen-bond donors (Lipinski definition) is 1. The number of nitrogens with zero attached hydrogens (tertiary/aromatic N) is 1. The predicted octanol–water partition coefficient (Wildman–Crippen LogP) is 2.95. The van der Waals surface area contributed by atoms with Crippen LogP contribution in [0.25, 0.3) is 11.0 Å². The number of carbonyl (C=O) groups is 1. The minimum absolute atomic E-state index is 0.00554. The highest BCUT2D eigenvalue weighted by Crippen LogP contribution is 2.23. The lowest BCUT2D eigenvalue weighted by Crippen LogP contribution is -2.09. The van der Waals surface area contributed by atoms with Crippen molar-refractivity contribution in [1.29, 1.82) is 0 Å². The van der Waals surface area contributed by atoms with Crippen LogP contribution in [-0.2, 0) is 11.3 Å². The van der Waals surface area contributed by atoms with Crippen molar-refractivity contribution < 1.29 is 18.9 Å². The Morgan fingerprint density at radius 1 is 1.23 bits per heavy atom. The van der Waals surface area contributed by atoms with Crippen molar-refractivity contribution in [2.45, 2.75) is 13.5 Å². The van der Waals surface area contributed by atoms with Crippen LogP contribution in [0.15, 0.2) is 51.7 Å². The summed E-state index contributed by atoms with van der Waals surface area (Å²) in [5.41, 5.74) is 6.32. The number of nitro benzene ring substituents is 1. The molecule has 1 heterocycles. The van der Waals surface area contributed by atoms with Gasteiger partial charge >= 0.3 is 11.6 Å². The Morgan fingerprint density at radius 3 is 2.73 bits per heavy atom. The van der Waals surface area contributed by atoms with Crippen molar-refractivity contribution in [1.82, 2.24) is 0 Å². The molecule has 0 bridgehead atoms. The summed E-state index contributed by atoms with van der Waals surface area (Å²) in [5, 5.41) is 11.6. The van der Waals surface area contributed by atoms with Crippen LogP contribution in [0.1, 0.15) is 21.5 Å². The molecule has 0 spiro atoms. The fourth-order valence-electron chi connectivity index (χ4n) is 2.51. The van der Waals surface area contributed by atoms with Gasteiger partial charge in [0.15, 0.2) is 0 Å². The molecule has 0 saturated heterocycles. The van der Waals surface area contributed by atoms with E-state index in [1.54, 1.807) is 12.1 Å². The SMILES string of the molecule is Cc1ccc2c(COC(=O)c3ccc(N)c([N+](=O)[O-])c3)cc(=O)oc2c1. The van der Waals surface area contributed by atoms with Crippen molar-refractivity contribution in [3.63, 3.8) is 0 Å². The van der Waals surface area contributed by atoms with Crippen molar-refractivity contribution in [3.05, 3.63) is 79.7 Å². The van der Waals surface area contributed by atoms with Crippen LogP contribution in [0.2, 0.25) is 0 Å². The lowest BCUT2D eigenvalue weighted by Gasteiger charge is -2.08. The largest absolute Gasteiger partial charge is 0.457 e. The average molecular weight is 354 g/mol. The monoisotopic (exact) mass is 354 g/mol. The first kappa shape index (κ1) is 17.2. The van der Waals surface area contributed by atoms with E-state index in [0.29, 0.717) is 16.5 Å². The van der Waals surface area contributed by atoms with E-state index in [0.717, 1.165) is 11.6 Å². The van der Waals surface area contributed by atoms with Gasteiger partial charge in [-0.25, -0.2) is 9.59 Å². The number of aryl methyl sites for hydroxylation is 1. The summed E-state index contributed by atoms with van der Waals surface area (Å²) in [7, 11) is 0. The molecule has 0 amide bonds. The van der Waals surface area contributed by atoms with Crippen molar-refractivity contribution in [3.8, 4) is 0 Å². The van der Waals surface area contributed by atoms with Gasteiger partial charge in [-0.2, -0.15) is 0 Å². The molecule has 0 radical (unpaired) electrons. The molecule has 26 heavy (non-hydrogen) atoms. The molecule has 132 valence electrons. The Morgan fingerprint density at radius 2 is 2.00 bits per heavy atom. The fourth-order valence-corrected chi connectivity index (χ4v) is 2.51. The Labute approximate surface area is 146 Å². The molecule has 0 atom stereocenters. The van der Waals surface area contributed by atoms with Gasteiger partial charge in [0.25, 0.3) is 5.69 Å². The minimum atomic E-state index is -0.762. The molecule has 0 unspecified atom stereocenters. The predicted molar refractivity (Wildman–Crippen MR) is 93.8 cm³/mol. The molecule has 0 saturated carbocycles. The lowest BCUT2D eigenvalue weighted by molar-refractivity contribution is -0.383. The van der Waals surface area contributed by atoms with Crippen LogP contribution in [0.4, 0.5) is 11.4 Å². The number of anilines is 1. The Hall–Kier alpha value is -3.68. The van der Waals surface area contributed by atoms with Gasteiger partial charge in [-0.1, -0.05) is 12.1 Å². The van der Waals surface area contributed by atoms with Crippen LogP contribution < -0.4 is 11.4 Å². The summed E-state index contributed by atoms with van der Waals surface area (Å²) in [6, 6.07) is 10.2. The van der Waals surface area contributed by atoms with Gasteiger partial charge in [-0.05, 0) is 30.7 Å². The van der Waals surface area contributed by atoms with Crippen LogP contribution in [0, 0.1) is 17.0 Å². The standard InChI is InChI=1S/C18H14N2O6/c1-10-2-4-13-12(8-17(21)26-16(13)6-10)9-25-18(22)11-3-5-14(19)15(7-11)20(23)24/h2-8H,9,19H2,1H3. The first-order chi connectivity index (χ1) is 12.3. The van der Waals surface area contributed by atoms with E-state index in [1.165, 1.54) is 18.2 Å². The van der Waals surface area contributed by atoms with Gasteiger partial charge < -0.3 is 14.9 Å². The highest BCUT2D eigenvalue weighted by atomic mass is 16.6. The molecule has 1 aromatic heterocycles. The van der Waals surface area contributed by atoms with Gasteiger partial charge in [-0.15, -0.1) is 0 Å². The van der Waals surface area contributed by atoms with Crippen molar-refractivity contribution in [2.75, 3.05) is 5.73 Å². The quantitative estimate of drug-likeness (QED) is 0.251. The van der Waals surface area contributed by atoms with E-state index < -0.39 is 16.5 Å². The summed E-state index contributed by atoms with van der Waals surface area (Å²) >= 11 is 0. The van der Waals surface area contributed by atoms with E-state index in [-0.39, 0.29) is 23.5 Å². The van der Waals surface area contributed by atoms with Gasteiger partial charge in [-0.3, -0.25) is 10.1 Å². The highest BCUT2D eigenvalue weighted by Gasteiger charge is 2.17. The number of nitro groups is 1. The summed E-state index contributed by atoms with van der Waals surface area (Å²) in [6.07, 6.45) is 0. The molecule has 3 rings (SSSR count). The third kappa shape index (κ3) is 3.39. The van der Waals surface area contributed by atoms with Crippen LogP contribution in [0.5, 0.6) is 0 Å². The van der Waals surface area contributed by atoms with Crippen molar-refractivity contribution >= 4 is 28.3 Å². The Kier molecular flexibility index (Phi) is 4.40. The second kappa shape index (κ2) is 6.67. The van der Waals surface area contributed by atoms with Gasteiger partial charge in [0.1, 0.15) is 17.9 Å². The lowest BCUT2D eigenvalue weighted by atomic mass is 10.1. The molecule has 3 aromatic rings. The molecule has 2 N–H and O–H groups in total. The number of esters is 1. The maximum atomic E-state index is 12.2. The van der Waals surface area contributed by atoms with Crippen molar-refractivity contribution in [2.24, 2.45) is 0 Å². The normalized spacial score (nSPS) is 10.7. The van der Waals surface area contributed by atoms with Gasteiger partial charge in [0, 0.05) is 23.1 Å². The zero-order valence-corrected chi connectivity index (χ0v) is 13.7. The molecular formula is C18H14N2O6. The highest BCUT2D eigenvalue weighted by molar-refractivity contribution is 5.91. The number of rotatable bonds is 4. The summed E-state index contributed by atoms with van der Waals surface area (Å²) in [6.45, 7) is 1.68. The Bertz CT molecular complexity index is 1090. The van der Waals surface area contributed by atoms with Gasteiger partial charge in [0.05, 0.1) is 10.5 Å². The smallest absolute Gasteiger partial charge is 0.338 e. The molecule has 2 aromatic carbocycles. The summed E-state index contributed by atoms with van der Waals surface area (Å²) < 4.78 is 10.3. The fraction of sp³-hybridized carbons (Fsp3) is 0.111. The molecule has 0 aliphatic heterocycles. The summed E-state index contributed by atoms with van der Waals surface area (Å²) in [4.78, 5) is 34.1. The van der Waals surface area contributed by atoms with E-state index in [1.807, 2.05) is 13.0 Å². The number of carbonyl (C=O) groups excluding carboxylic acids is 1. The topological polar surface area (TPSA) is 126 Å². The Balaban J connectivity index is 1.86. The van der Waals surface area contributed by atoms with E-state index in [4.69, 9.17) is 14.9 Å². The van der Waals surface area contributed by atoms with Crippen LogP contribution >= 0.6 is 0 Å². The number of nitrogen functional groups attached to an aromatic ring is 1. The van der Waals surface area contributed by atoms with E-state index in [2.05, 4.69) is 0 Å². The third-order valence-corrected chi connectivity index (χ3v) is 3.81. The number of benzene rings is 2. The molecule has 0 aliphatic carbocycles. The minimum Gasteiger partial charge on any atom is -0.457 e. The molecule has 0 fully saturated rings. The number of nitrogens with two attached hydrogens (primary N) is 1. The molecule has 8 heteroatoms. The van der Waals surface area contributed by atoms with E-state index >= 15 is 0 Å². The third-order valence-electron chi connectivity index (χ3n) is 3.81. The molecule has 8 nitrogen and oxygen atoms in total. The zero-order chi connectivity index (χ0) is 18.8. The average Bonchev–Trinajstić information content (AvgIpc) is 2.58. The number of hydrogen-bond acceptors (Lipinski definition) is 7. The number of ether oxygens (including phenoxy) is 1. The van der Waals surface area contributed by atoms with Crippen LogP contribution in [0.3, 0.4) is 0 Å².